The molecule has 23 nitrogen and oxygen atoms in total. The molecule has 5 aromatic rings. The van der Waals surface area contributed by atoms with E-state index in [4.69, 9.17) is 43.1 Å². The maximum atomic E-state index is 15.5. The van der Waals surface area contributed by atoms with Gasteiger partial charge in [-0.1, -0.05) is 55.2 Å². The van der Waals surface area contributed by atoms with Crippen LogP contribution in [-0.4, -0.2) is 112 Å². The predicted octanol–water partition coefficient (Wildman–Crippen LogP) is 4.25. The van der Waals surface area contributed by atoms with E-state index in [9.17, 15) is 44.7 Å². The molecule has 81 heavy (non-hydrogen) atoms. The molecule has 0 spiro atoms. The number of nitrogens with two attached hydrogens (primary N) is 1. The van der Waals surface area contributed by atoms with E-state index in [0.717, 1.165) is 25.3 Å². The number of aliphatic hydroxyl groups is 1. The summed E-state index contributed by atoms with van der Waals surface area (Å²) in [5, 5.41) is 76.3. The van der Waals surface area contributed by atoms with Gasteiger partial charge in [0.05, 0.1) is 23.2 Å². The largest absolute Gasteiger partial charge is 0.508 e. The third-order valence-electron chi connectivity index (χ3n) is 13.9. The lowest BCUT2D eigenvalue weighted by Gasteiger charge is -2.31. The Bertz CT molecular complexity index is 3310. The monoisotopic (exact) mass is 1150 g/mol. The zero-order valence-electron chi connectivity index (χ0n) is 44.1. The van der Waals surface area contributed by atoms with Gasteiger partial charge in [-0.05, 0) is 122 Å². The molecule has 0 saturated heterocycles. The third-order valence-corrected chi connectivity index (χ3v) is 14.5. The minimum Gasteiger partial charge on any atom is -0.508 e. The van der Waals surface area contributed by atoms with Gasteiger partial charge in [-0.25, -0.2) is 4.79 Å². The maximum Gasteiger partial charge on any atom is 0.333 e. The first kappa shape index (κ1) is 58.8. The first-order valence-corrected chi connectivity index (χ1v) is 26.5. The molecule has 0 radical (unpaired) electrons. The van der Waals surface area contributed by atoms with Gasteiger partial charge >= 0.3 is 5.97 Å². The van der Waals surface area contributed by atoms with Crippen LogP contribution < -0.4 is 52.4 Å². The summed E-state index contributed by atoms with van der Waals surface area (Å²) in [6, 6.07) is 4.56. The summed E-state index contributed by atoms with van der Waals surface area (Å²) in [5.41, 5.74) is 4.89. The van der Waals surface area contributed by atoms with Crippen molar-refractivity contribution in [1.29, 1.82) is 0 Å². The van der Waals surface area contributed by atoms with Crippen LogP contribution in [0.15, 0.2) is 78.9 Å². The van der Waals surface area contributed by atoms with Gasteiger partial charge in [-0.15, -0.1) is 0 Å². The van der Waals surface area contributed by atoms with Crippen molar-refractivity contribution in [3.63, 3.8) is 0 Å². The molecule has 6 amide bonds. The number of amides is 6. The Balaban J connectivity index is 1.35. The Hall–Kier alpha value is -8.35. The quantitative estimate of drug-likeness (QED) is 0.0687. The van der Waals surface area contributed by atoms with Crippen molar-refractivity contribution in [2.45, 2.75) is 94.3 Å². The summed E-state index contributed by atoms with van der Waals surface area (Å²) in [4.78, 5) is 102. The van der Waals surface area contributed by atoms with E-state index in [1.807, 2.05) is 13.8 Å². The van der Waals surface area contributed by atoms with E-state index < -0.39 is 124 Å². The van der Waals surface area contributed by atoms with Crippen molar-refractivity contribution in [1.82, 2.24) is 37.2 Å². The van der Waals surface area contributed by atoms with Gasteiger partial charge in [-0.2, -0.15) is 0 Å². The van der Waals surface area contributed by atoms with Crippen LogP contribution in [0.5, 0.6) is 46.0 Å². The van der Waals surface area contributed by atoms with Gasteiger partial charge in [0.25, 0.3) is 0 Å². The summed E-state index contributed by atoms with van der Waals surface area (Å²) in [5.74, 6) is -10.6. The number of nitrogens with one attached hydrogen (secondary N) is 7. The number of fused-ring (bicyclic) bond motifs is 15. The van der Waals surface area contributed by atoms with Crippen molar-refractivity contribution < 1.29 is 73.3 Å². The van der Waals surface area contributed by atoms with Gasteiger partial charge in [0.2, 0.25) is 41.2 Å². The van der Waals surface area contributed by atoms with E-state index in [-0.39, 0.29) is 86.7 Å². The van der Waals surface area contributed by atoms with E-state index in [1.54, 1.807) is 13.1 Å². The normalized spacial score (nSPS) is 21.4. The molecular formula is C56H60Cl2N8O15. The maximum absolute atomic E-state index is 15.5. The summed E-state index contributed by atoms with van der Waals surface area (Å²) in [7, 11) is 2.60. The number of phenols is 4. The summed E-state index contributed by atoms with van der Waals surface area (Å²) in [6.07, 6.45) is -1.15. The van der Waals surface area contributed by atoms with Crippen molar-refractivity contribution >= 4 is 64.6 Å². The zero-order chi connectivity index (χ0) is 58.6. The summed E-state index contributed by atoms with van der Waals surface area (Å²) < 4.78 is 17.5. The highest BCUT2D eigenvalue weighted by Gasteiger charge is 2.41. The molecule has 8 atom stereocenters. The average Bonchev–Trinajstić information content (AvgIpc) is 3.61. The molecule has 6 unspecified atom stereocenters. The number of halogens is 2. The molecule has 428 valence electrons. The number of esters is 1. The number of hydrogen-bond acceptors (Lipinski definition) is 17. The van der Waals surface area contributed by atoms with Crippen LogP contribution in [-0.2, 0) is 44.7 Å². The number of phenolic OH excluding ortho intramolecular Hbond substituents is 4. The number of carbonyl (C=O) groups excluding carboxylic acids is 7. The molecule has 0 saturated carbocycles. The second kappa shape index (κ2) is 25.0. The highest BCUT2D eigenvalue weighted by atomic mass is 35.5. The second-order valence-corrected chi connectivity index (χ2v) is 20.9. The molecule has 5 aliphatic heterocycles. The number of benzene rings is 5. The lowest BCUT2D eigenvalue weighted by atomic mass is 9.89. The van der Waals surface area contributed by atoms with Crippen LogP contribution in [0.2, 0.25) is 10.0 Å². The van der Waals surface area contributed by atoms with Crippen LogP contribution in [0.3, 0.4) is 0 Å². The number of aliphatic hydroxyl groups excluding tert-OH is 1. The van der Waals surface area contributed by atoms with E-state index >= 15 is 14.4 Å². The number of methoxy groups -OCH3 is 1. The van der Waals surface area contributed by atoms with E-state index in [0.29, 0.717) is 18.4 Å². The minimum atomic E-state index is -2.07. The Kier molecular flexibility index (Phi) is 18.1. The average molecular weight is 1160 g/mol. The standard InChI is InChI=1S/C56H60Cl2N8O15/c1-24(2)15-35(60-3)51(73)62-36-17-25-8-12-39(32(57)16-25)80-41-20-28-21-42(49(41)71)81-40-13-10-27(19-33(40)58)48(70)47-55(77)65-46(56(78)79-4)31-22-29(67)23-38(69)43(31)30-18-26(9-11-37(30)68)44(53(75)66-47)64-54(76)45(28)63-50(72)34(61-52(36)74)7-5-6-14-59/h8-13,16,18-24,34-36,44-48,60,67-71H,5-7,14-15,17,59H2,1-4H3,(H,61,74)(H,62,73)(H,63,72)(H,64,76)(H,65,77)(H,66,75)/t34-,35+,36?,44?,45?,46?,47?,48?/m0/s1. The fraction of sp³-hybridized carbons (Fsp3) is 0.339. The topological polar surface area (TPSA) is 359 Å². The van der Waals surface area contributed by atoms with Crippen LogP contribution >= 0.6 is 23.2 Å². The molecule has 0 fully saturated rings. The molecule has 11 bridgehead atoms. The Morgan fingerprint density at radius 1 is 0.716 bits per heavy atom. The highest BCUT2D eigenvalue weighted by molar-refractivity contribution is 6.32. The lowest BCUT2D eigenvalue weighted by molar-refractivity contribution is -0.146. The van der Waals surface area contributed by atoms with E-state index in [2.05, 4.69) is 37.2 Å². The Labute approximate surface area is 473 Å². The molecule has 0 aromatic heterocycles. The van der Waals surface area contributed by atoms with Crippen LogP contribution in [0.4, 0.5) is 0 Å². The van der Waals surface area contributed by atoms with Gasteiger partial charge < -0.3 is 82.7 Å². The van der Waals surface area contributed by atoms with Crippen molar-refractivity contribution in [2.75, 3.05) is 20.7 Å². The number of rotatable bonds is 10. The number of unbranched alkanes of at least 4 members (excludes halogenated alkanes) is 1. The molecule has 0 aliphatic carbocycles. The molecule has 5 aromatic carbocycles. The molecule has 25 heteroatoms. The third kappa shape index (κ3) is 13.0. The van der Waals surface area contributed by atoms with Gasteiger partial charge in [0.1, 0.15) is 65.1 Å². The number of aromatic hydroxyl groups is 4. The zero-order valence-corrected chi connectivity index (χ0v) is 45.6. The van der Waals surface area contributed by atoms with Crippen molar-refractivity contribution in [2.24, 2.45) is 11.7 Å². The summed E-state index contributed by atoms with van der Waals surface area (Å²) >= 11 is 13.7. The molecule has 5 heterocycles. The number of carbonyl (C=O) groups is 7. The molecule has 5 aliphatic rings. The molecular weight excluding hydrogens is 1100 g/mol. The minimum absolute atomic E-state index is 0.0264. The highest BCUT2D eigenvalue weighted by Crippen LogP contribution is 2.47. The van der Waals surface area contributed by atoms with Crippen molar-refractivity contribution in [3.05, 3.63) is 117 Å². The SMILES string of the molecule is CN[C@H](CC(C)C)C(=O)NC1Cc2ccc(c(Cl)c2)Oc2cc3cc(c2O)Oc2ccc(cc2Cl)C(O)C2NC(=O)C(NC(=O)C3NC(=O)[C@H](CCCCN)NC1=O)c1ccc(O)c(c1)-c1c(O)cc(O)cc1C(C(=O)OC)NC2=O. The Morgan fingerprint density at radius 3 is 2.00 bits per heavy atom. The van der Waals surface area contributed by atoms with Gasteiger partial charge in [0, 0.05) is 29.2 Å². The van der Waals surface area contributed by atoms with Gasteiger partial charge in [-0.3, -0.25) is 28.8 Å². The smallest absolute Gasteiger partial charge is 0.333 e. The van der Waals surface area contributed by atoms with Crippen LogP contribution in [0.25, 0.3) is 11.1 Å². The fourth-order valence-electron chi connectivity index (χ4n) is 9.77. The lowest BCUT2D eigenvalue weighted by Crippen LogP contribution is -2.57. The first-order chi connectivity index (χ1) is 38.6. The predicted molar refractivity (Wildman–Crippen MR) is 292 cm³/mol. The first-order valence-electron chi connectivity index (χ1n) is 25.7. The fourth-order valence-corrected chi connectivity index (χ4v) is 10.2. The van der Waals surface area contributed by atoms with Gasteiger partial charge in [0.15, 0.2) is 17.5 Å². The number of hydrogen-bond donors (Lipinski definition) is 13. The second-order valence-electron chi connectivity index (χ2n) is 20.1. The summed E-state index contributed by atoms with van der Waals surface area (Å²) in [6.45, 7) is 4.07. The van der Waals surface area contributed by atoms with Crippen molar-refractivity contribution in [3.8, 4) is 57.1 Å². The van der Waals surface area contributed by atoms with Crippen LogP contribution in [0, 0.1) is 5.92 Å². The molecule has 10 rings (SSSR count). The Morgan fingerprint density at radius 2 is 1.36 bits per heavy atom. The van der Waals surface area contributed by atoms with E-state index in [1.165, 1.54) is 54.6 Å². The molecule has 14 N–H and O–H groups in total. The number of ether oxygens (including phenoxy) is 3. The van der Waals surface area contributed by atoms with Crippen LogP contribution in [0.1, 0.15) is 91.6 Å². The number of likely N-dealkylation sites (N-methyl/N-ethyl adjacent to an activating group) is 1.